The maximum atomic E-state index is 14.5. The van der Waals surface area contributed by atoms with Crippen molar-refractivity contribution in [2.45, 2.75) is 37.8 Å². The standard InChI is InChI=1S/C18H19FN2O4/c19-14-6-12-15(7-16(14)25-11-2-1-5-20-8-11)21(10-3-4-10)9-13(17(12)22)18(23)24/h6-7,9-11,20H,1-5,8H2,(H,23,24). The van der Waals surface area contributed by atoms with Crippen LogP contribution in [-0.2, 0) is 0 Å². The van der Waals surface area contributed by atoms with Crippen LogP contribution in [0.3, 0.4) is 0 Å². The van der Waals surface area contributed by atoms with E-state index >= 15 is 0 Å². The quantitative estimate of drug-likeness (QED) is 0.888. The maximum absolute atomic E-state index is 14.5. The summed E-state index contributed by atoms with van der Waals surface area (Å²) in [5.41, 5.74) is -0.467. The number of fused-ring (bicyclic) bond motifs is 1. The van der Waals surface area contributed by atoms with Crippen LogP contribution in [0.4, 0.5) is 4.39 Å². The first-order valence-corrected chi connectivity index (χ1v) is 8.53. The Hall–Kier alpha value is -2.41. The summed E-state index contributed by atoms with van der Waals surface area (Å²) in [5.74, 6) is -1.83. The summed E-state index contributed by atoms with van der Waals surface area (Å²) in [4.78, 5) is 23.7. The second-order valence-electron chi connectivity index (χ2n) is 6.70. The SMILES string of the molecule is O=C(O)c1cn(C2CC2)c2cc(OC3CCCNC3)c(F)cc2c1=O. The summed E-state index contributed by atoms with van der Waals surface area (Å²) in [6, 6.07) is 2.79. The molecule has 4 rings (SSSR count). The number of aromatic nitrogens is 1. The summed E-state index contributed by atoms with van der Waals surface area (Å²) < 4.78 is 22.1. The lowest BCUT2D eigenvalue weighted by Gasteiger charge is -2.24. The number of hydrogen-bond acceptors (Lipinski definition) is 4. The van der Waals surface area contributed by atoms with Crippen molar-refractivity contribution in [3.63, 3.8) is 0 Å². The van der Waals surface area contributed by atoms with E-state index in [2.05, 4.69) is 5.32 Å². The fraction of sp³-hybridized carbons (Fsp3) is 0.444. The van der Waals surface area contributed by atoms with Gasteiger partial charge in [-0.05, 0) is 38.3 Å². The topological polar surface area (TPSA) is 80.6 Å². The number of carbonyl (C=O) groups is 1. The number of piperidine rings is 1. The minimum absolute atomic E-state index is 0.0819. The van der Waals surface area contributed by atoms with E-state index in [-0.39, 0.29) is 28.8 Å². The molecule has 0 amide bonds. The molecule has 1 saturated carbocycles. The first-order valence-electron chi connectivity index (χ1n) is 8.53. The number of rotatable bonds is 4. The van der Waals surface area contributed by atoms with Crippen LogP contribution in [0.25, 0.3) is 10.9 Å². The minimum Gasteiger partial charge on any atom is -0.486 e. The average Bonchev–Trinajstić information content (AvgIpc) is 3.42. The summed E-state index contributed by atoms with van der Waals surface area (Å²) in [6.45, 7) is 1.59. The predicted octanol–water partition coefficient (Wildman–Crippen LogP) is 2.30. The molecule has 132 valence electrons. The van der Waals surface area contributed by atoms with Gasteiger partial charge >= 0.3 is 5.97 Å². The van der Waals surface area contributed by atoms with E-state index in [1.807, 2.05) is 0 Å². The van der Waals surface area contributed by atoms with Gasteiger partial charge < -0.3 is 19.7 Å². The molecule has 2 aromatic rings. The number of aromatic carboxylic acids is 1. The molecule has 1 aliphatic heterocycles. The summed E-state index contributed by atoms with van der Waals surface area (Å²) in [5, 5.41) is 12.5. The third-order valence-corrected chi connectivity index (χ3v) is 4.80. The van der Waals surface area contributed by atoms with Crippen molar-refractivity contribution >= 4 is 16.9 Å². The number of pyridine rings is 1. The Kier molecular flexibility index (Phi) is 3.95. The van der Waals surface area contributed by atoms with Gasteiger partial charge in [-0.2, -0.15) is 0 Å². The lowest BCUT2D eigenvalue weighted by atomic mass is 10.1. The van der Waals surface area contributed by atoms with Crippen LogP contribution in [0.1, 0.15) is 42.1 Å². The van der Waals surface area contributed by atoms with Gasteiger partial charge in [-0.1, -0.05) is 0 Å². The van der Waals surface area contributed by atoms with E-state index in [0.717, 1.165) is 38.3 Å². The Balaban J connectivity index is 1.83. The molecule has 2 aliphatic rings. The fourth-order valence-corrected chi connectivity index (χ4v) is 3.35. The molecule has 0 radical (unpaired) electrons. The highest BCUT2D eigenvalue weighted by molar-refractivity contribution is 5.93. The van der Waals surface area contributed by atoms with Gasteiger partial charge in [0, 0.05) is 30.2 Å². The predicted molar refractivity (Wildman–Crippen MR) is 89.9 cm³/mol. The van der Waals surface area contributed by atoms with Crippen molar-refractivity contribution in [1.29, 1.82) is 0 Å². The first-order chi connectivity index (χ1) is 12.0. The molecule has 0 spiro atoms. The highest BCUT2D eigenvalue weighted by Crippen LogP contribution is 2.38. The highest BCUT2D eigenvalue weighted by atomic mass is 19.1. The Morgan fingerprint density at radius 2 is 2.12 bits per heavy atom. The van der Waals surface area contributed by atoms with E-state index in [1.165, 1.54) is 12.3 Å². The van der Waals surface area contributed by atoms with E-state index < -0.39 is 17.2 Å². The van der Waals surface area contributed by atoms with Crippen molar-refractivity contribution in [2.24, 2.45) is 0 Å². The zero-order valence-corrected chi connectivity index (χ0v) is 13.6. The average molecular weight is 346 g/mol. The zero-order chi connectivity index (χ0) is 17.6. The third kappa shape index (κ3) is 3.00. The van der Waals surface area contributed by atoms with Gasteiger partial charge in [-0.25, -0.2) is 9.18 Å². The monoisotopic (exact) mass is 346 g/mol. The zero-order valence-electron chi connectivity index (χ0n) is 13.6. The lowest BCUT2D eigenvalue weighted by molar-refractivity contribution is 0.0695. The van der Waals surface area contributed by atoms with Crippen LogP contribution in [0, 0.1) is 5.82 Å². The summed E-state index contributed by atoms with van der Waals surface area (Å²) in [7, 11) is 0. The van der Waals surface area contributed by atoms with Gasteiger partial charge in [0.2, 0.25) is 5.43 Å². The molecule has 1 saturated heterocycles. The van der Waals surface area contributed by atoms with Crippen molar-refractivity contribution in [2.75, 3.05) is 13.1 Å². The van der Waals surface area contributed by atoms with E-state index in [4.69, 9.17) is 4.74 Å². The third-order valence-electron chi connectivity index (χ3n) is 4.80. The molecule has 6 nitrogen and oxygen atoms in total. The Morgan fingerprint density at radius 1 is 1.32 bits per heavy atom. The normalized spacial score (nSPS) is 20.6. The van der Waals surface area contributed by atoms with Gasteiger partial charge in [0.15, 0.2) is 11.6 Å². The van der Waals surface area contributed by atoms with Crippen molar-refractivity contribution in [3.05, 3.63) is 39.9 Å². The van der Waals surface area contributed by atoms with Crippen LogP contribution in [0.15, 0.2) is 23.1 Å². The molecule has 2 N–H and O–H groups in total. The van der Waals surface area contributed by atoms with Crippen LogP contribution in [0.2, 0.25) is 0 Å². The largest absolute Gasteiger partial charge is 0.486 e. The maximum Gasteiger partial charge on any atom is 0.341 e. The first kappa shape index (κ1) is 16.1. The smallest absolute Gasteiger partial charge is 0.341 e. The van der Waals surface area contributed by atoms with Crippen LogP contribution in [-0.4, -0.2) is 34.8 Å². The second-order valence-corrected chi connectivity index (χ2v) is 6.70. The van der Waals surface area contributed by atoms with Gasteiger partial charge in [-0.15, -0.1) is 0 Å². The van der Waals surface area contributed by atoms with Crippen LogP contribution >= 0.6 is 0 Å². The minimum atomic E-state index is -1.30. The van der Waals surface area contributed by atoms with Crippen molar-refractivity contribution < 1.29 is 19.0 Å². The molecular formula is C18H19FN2O4. The molecule has 25 heavy (non-hydrogen) atoms. The molecular weight excluding hydrogens is 327 g/mol. The number of ether oxygens (including phenoxy) is 1. The lowest BCUT2D eigenvalue weighted by Crippen LogP contribution is -2.37. The second kappa shape index (κ2) is 6.15. The number of halogens is 1. The Labute approximate surface area is 143 Å². The number of benzene rings is 1. The van der Waals surface area contributed by atoms with Crippen molar-refractivity contribution in [1.82, 2.24) is 9.88 Å². The number of hydrogen-bond donors (Lipinski definition) is 2. The van der Waals surface area contributed by atoms with Crippen molar-refractivity contribution in [3.8, 4) is 5.75 Å². The van der Waals surface area contributed by atoms with Gasteiger partial charge in [0.1, 0.15) is 11.7 Å². The van der Waals surface area contributed by atoms with E-state index in [0.29, 0.717) is 12.1 Å². The summed E-state index contributed by atoms with van der Waals surface area (Å²) in [6.07, 6.45) is 4.90. The number of nitrogens with zero attached hydrogens (tertiary/aromatic N) is 1. The fourth-order valence-electron chi connectivity index (χ4n) is 3.35. The number of carboxylic acid groups (broad SMARTS) is 1. The van der Waals surface area contributed by atoms with Crippen LogP contribution < -0.4 is 15.5 Å². The van der Waals surface area contributed by atoms with E-state index in [9.17, 15) is 19.1 Å². The van der Waals surface area contributed by atoms with Gasteiger partial charge in [-0.3, -0.25) is 4.79 Å². The molecule has 0 bridgehead atoms. The summed E-state index contributed by atoms with van der Waals surface area (Å²) >= 11 is 0. The number of nitrogens with one attached hydrogen (secondary N) is 1. The molecule has 2 fully saturated rings. The van der Waals surface area contributed by atoms with Crippen LogP contribution in [0.5, 0.6) is 5.75 Å². The molecule has 1 aliphatic carbocycles. The van der Waals surface area contributed by atoms with E-state index in [1.54, 1.807) is 4.57 Å². The Morgan fingerprint density at radius 3 is 2.76 bits per heavy atom. The number of carboxylic acids is 1. The molecule has 1 aromatic heterocycles. The Bertz CT molecular complexity index is 898. The highest BCUT2D eigenvalue weighted by Gasteiger charge is 2.28. The molecule has 1 atom stereocenters. The molecule has 7 heteroatoms. The molecule has 1 aromatic carbocycles. The molecule has 2 heterocycles. The molecule has 1 unspecified atom stereocenters. The van der Waals surface area contributed by atoms with Gasteiger partial charge in [0.25, 0.3) is 0 Å². The van der Waals surface area contributed by atoms with Gasteiger partial charge in [0.05, 0.1) is 5.52 Å².